The fourth-order valence-electron chi connectivity index (χ4n) is 3.45. The van der Waals surface area contributed by atoms with Crippen LogP contribution in [0.3, 0.4) is 0 Å². The van der Waals surface area contributed by atoms with E-state index in [2.05, 4.69) is 13.8 Å². The molecule has 3 nitrogen and oxygen atoms in total. The van der Waals surface area contributed by atoms with Crippen molar-refractivity contribution in [1.29, 1.82) is 0 Å². The highest BCUT2D eigenvalue weighted by Gasteiger charge is 2.28. The Labute approximate surface area is 159 Å². The number of phenols is 1. The zero-order valence-corrected chi connectivity index (χ0v) is 15.8. The maximum Gasteiger partial charge on any atom is 0.339 e. The number of aromatic hydroxyl groups is 1. The summed E-state index contributed by atoms with van der Waals surface area (Å²) in [7, 11) is 0. The van der Waals surface area contributed by atoms with E-state index in [1.54, 1.807) is 6.07 Å². The Morgan fingerprint density at radius 1 is 0.889 bits per heavy atom. The number of carboxylic acid groups (broad SMARTS) is 1. The summed E-state index contributed by atoms with van der Waals surface area (Å²) in [4.78, 5) is 11.8. The van der Waals surface area contributed by atoms with Crippen molar-refractivity contribution >= 4 is 5.97 Å². The lowest BCUT2D eigenvalue weighted by Crippen LogP contribution is -2.20. The minimum Gasteiger partial charge on any atom is -0.507 e. The van der Waals surface area contributed by atoms with Crippen LogP contribution < -0.4 is 0 Å². The van der Waals surface area contributed by atoms with Crippen molar-refractivity contribution < 1.29 is 15.0 Å². The maximum absolute atomic E-state index is 11.8. The van der Waals surface area contributed by atoms with Crippen LogP contribution in [0.1, 0.15) is 59.3 Å². The predicted molar refractivity (Wildman–Crippen MR) is 108 cm³/mol. The SMILES string of the molecule is CC(c1ccccc1)c1cc(C(C)(C)c2ccccc2)cc(C(=O)O)c1O. The molecule has 0 aliphatic heterocycles. The lowest BCUT2D eigenvalue weighted by atomic mass is 9.76. The average molecular weight is 360 g/mol. The standard InChI is InChI=1S/C24H24O3/c1-16(17-10-6-4-7-11-17)20-14-19(15-21(22(20)25)23(26)27)24(2,3)18-12-8-5-9-13-18/h4-16,25H,1-3H3,(H,26,27). The molecule has 3 aromatic carbocycles. The second-order valence-corrected chi connectivity index (χ2v) is 7.39. The smallest absolute Gasteiger partial charge is 0.339 e. The van der Waals surface area contributed by atoms with Gasteiger partial charge in [-0.2, -0.15) is 0 Å². The van der Waals surface area contributed by atoms with E-state index in [1.165, 1.54) is 0 Å². The number of rotatable bonds is 5. The third-order valence-electron chi connectivity index (χ3n) is 5.35. The molecule has 1 unspecified atom stereocenters. The Balaban J connectivity index is 2.19. The Morgan fingerprint density at radius 3 is 2.00 bits per heavy atom. The average Bonchev–Trinajstić information content (AvgIpc) is 2.68. The minimum absolute atomic E-state index is 0.0608. The van der Waals surface area contributed by atoms with E-state index in [-0.39, 0.29) is 17.2 Å². The molecule has 0 radical (unpaired) electrons. The van der Waals surface area contributed by atoms with Gasteiger partial charge in [-0.15, -0.1) is 0 Å². The van der Waals surface area contributed by atoms with Gasteiger partial charge in [-0.1, -0.05) is 87.5 Å². The van der Waals surface area contributed by atoms with E-state index >= 15 is 0 Å². The molecule has 0 bridgehead atoms. The summed E-state index contributed by atoms with van der Waals surface area (Å²) in [6, 6.07) is 23.3. The van der Waals surface area contributed by atoms with Gasteiger partial charge in [-0.05, 0) is 22.8 Å². The van der Waals surface area contributed by atoms with Crippen molar-refractivity contribution in [3.63, 3.8) is 0 Å². The first-order valence-corrected chi connectivity index (χ1v) is 9.03. The van der Waals surface area contributed by atoms with Gasteiger partial charge in [0.1, 0.15) is 11.3 Å². The number of aromatic carboxylic acids is 1. The van der Waals surface area contributed by atoms with Crippen LogP contribution in [0.4, 0.5) is 0 Å². The van der Waals surface area contributed by atoms with Gasteiger partial charge in [0.25, 0.3) is 0 Å². The van der Waals surface area contributed by atoms with Crippen LogP contribution in [0, 0.1) is 0 Å². The summed E-state index contributed by atoms with van der Waals surface area (Å²) in [5.41, 5.74) is 3.14. The van der Waals surface area contributed by atoms with Crippen molar-refractivity contribution in [2.45, 2.75) is 32.1 Å². The zero-order valence-electron chi connectivity index (χ0n) is 15.8. The van der Waals surface area contributed by atoms with Gasteiger partial charge in [0.15, 0.2) is 0 Å². The summed E-state index contributed by atoms with van der Waals surface area (Å²) in [5.74, 6) is -1.41. The summed E-state index contributed by atoms with van der Waals surface area (Å²) >= 11 is 0. The molecule has 3 heteroatoms. The van der Waals surface area contributed by atoms with Gasteiger partial charge in [0.2, 0.25) is 0 Å². The first-order valence-electron chi connectivity index (χ1n) is 9.03. The molecule has 0 fully saturated rings. The van der Waals surface area contributed by atoms with Gasteiger partial charge in [0, 0.05) is 16.9 Å². The third kappa shape index (κ3) is 3.59. The monoisotopic (exact) mass is 360 g/mol. The number of carbonyl (C=O) groups is 1. The first-order chi connectivity index (χ1) is 12.8. The molecule has 0 heterocycles. The van der Waals surface area contributed by atoms with Crippen molar-refractivity contribution in [2.24, 2.45) is 0 Å². The molecule has 0 aliphatic rings. The van der Waals surface area contributed by atoms with Crippen LogP contribution in [0.5, 0.6) is 5.75 Å². The lowest BCUT2D eigenvalue weighted by Gasteiger charge is -2.28. The largest absolute Gasteiger partial charge is 0.507 e. The van der Waals surface area contributed by atoms with Crippen LogP contribution in [0.15, 0.2) is 72.8 Å². The molecule has 27 heavy (non-hydrogen) atoms. The van der Waals surface area contributed by atoms with Crippen LogP contribution >= 0.6 is 0 Å². The van der Waals surface area contributed by atoms with Gasteiger partial charge in [-0.3, -0.25) is 0 Å². The molecular formula is C24H24O3. The van der Waals surface area contributed by atoms with Crippen molar-refractivity contribution in [2.75, 3.05) is 0 Å². The fourth-order valence-corrected chi connectivity index (χ4v) is 3.45. The third-order valence-corrected chi connectivity index (χ3v) is 5.35. The number of hydrogen-bond donors (Lipinski definition) is 2. The topological polar surface area (TPSA) is 57.5 Å². The van der Waals surface area contributed by atoms with Crippen LogP contribution in [0.2, 0.25) is 0 Å². The molecule has 0 spiro atoms. The van der Waals surface area contributed by atoms with E-state index in [9.17, 15) is 15.0 Å². The number of carboxylic acids is 1. The maximum atomic E-state index is 11.8. The Kier molecular flexibility index (Phi) is 5.04. The first kappa shape index (κ1) is 18.7. The molecule has 3 rings (SSSR count). The molecule has 0 amide bonds. The molecular weight excluding hydrogens is 336 g/mol. The predicted octanol–water partition coefficient (Wildman–Crippen LogP) is 5.57. The van der Waals surface area contributed by atoms with Crippen LogP contribution in [-0.2, 0) is 5.41 Å². The summed E-state index contributed by atoms with van der Waals surface area (Å²) in [6.45, 7) is 6.12. The van der Waals surface area contributed by atoms with Crippen molar-refractivity contribution in [1.82, 2.24) is 0 Å². The Morgan fingerprint density at radius 2 is 1.44 bits per heavy atom. The highest BCUT2D eigenvalue weighted by atomic mass is 16.4. The molecule has 0 aromatic heterocycles. The van der Waals surface area contributed by atoms with Crippen molar-refractivity contribution in [3.8, 4) is 5.75 Å². The molecule has 1 atom stereocenters. The van der Waals surface area contributed by atoms with E-state index in [0.717, 1.165) is 16.7 Å². The number of hydrogen-bond acceptors (Lipinski definition) is 2. The minimum atomic E-state index is -1.13. The Hall–Kier alpha value is -3.07. The molecule has 0 saturated heterocycles. The fraction of sp³-hybridized carbons (Fsp3) is 0.208. The molecule has 0 aliphatic carbocycles. The van der Waals surface area contributed by atoms with E-state index in [4.69, 9.17) is 0 Å². The zero-order chi connectivity index (χ0) is 19.6. The molecule has 0 saturated carbocycles. The van der Waals surface area contributed by atoms with Crippen LogP contribution in [-0.4, -0.2) is 16.2 Å². The van der Waals surface area contributed by atoms with Gasteiger partial charge in [-0.25, -0.2) is 4.79 Å². The van der Waals surface area contributed by atoms with E-state index in [0.29, 0.717) is 5.56 Å². The summed E-state index contributed by atoms with van der Waals surface area (Å²) < 4.78 is 0. The van der Waals surface area contributed by atoms with Crippen LogP contribution in [0.25, 0.3) is 0 Å². The summed E-state index contributed by atoms with van der Waals surface area (Å²) in [6.07, 6.45) is 0. The molecule has 138 valence electrons. The summed E-state index contributed by atoms with van der Waals surface area (Å²) in [5, 5.41) is 20.3. The van der Waals surface area contributed by atoms with Gasteiger partial charge < -0.3 is 10.2 Å². The molecule has 3 aromatic rings. The molecule has 2 N–H and O–H groups in total. The van der Waals surface area contributed by atoms with Gasteiger partial charge in [0.05, 0.1) is 0 Å². The second-order valence-electron chi connectivity index (χ2n) is 7.39. The normalized spacial score (nSPS) is 12.6. The van der Waals surface area contributed by atoms with E-state index < -0.39 is 11.4 Å². The van der Waals surface area contributed by atoms with E-state index in [1.807, 2.05) is 73.7 Å². The van der Waals surface area contributed by atoms with Crippen molar-refractivity contribution in [3.05, 3.63) is 101 Å². The lowest BCUT2D eigenvalue weighted by molar-refractivity contribution is 0.0693. The number of benzene rings is 3. The van der Waals surface area contributed by atoms with Gasteiger partial charge >= 0.3 is 5.97 Å². The highest BCUT2D eigenvalue weighted by molar-refractivity contribution is 5.92. The highest BCUT2D eigenvalue weighted by Crippen LogP contribution is 2.40. The Bertz CT molecular complexity index is 944. The second kappa shape index (κ2) is 7.28. The quantitative estimate of drug-likeness (QED) is 0.625.